The summed E-state index contributed by atoms with van der Waals surface area (Å²) < 4.78 is 12.6. The van der Waals surface area contributed by atoms with Gasteiger partial charge in [-0.2, -0.15) is 0 Å². The van der Waals surface area contributed by atoms with Gasteiger partial charge in [-0.15, -0.1) is 0 Å². The number of aliphatic hydroxyl groups excluding tert-OH is 1. The molecule has 0 aliphatic heterocycles. The molecule has 3 heteroatoms. The van der Waals surface area contributed by atoms with Crippen LogP contribution in [0.25, 0.3) is 0 Å². The van der Waals surface area contributed by atoms with Gasteiger partial charge in [0.25, 0.3) is 0 Å². The summed E-state index contributed by atoms with van der Waals surface area (Å²) >= 11 is 0. The first-order valence-electron chi connectivity index (χ1n) is 4.76. The lowest BCUT2D eigenvalue weighted by Crippen LogP contribution is -2.31. The molecule has 2 nitrogen and oxygen atoms in total. The molecule has 78 valence electrons. The molecular weight excluding hydrogens is 181 g/mol. The highest BCUT2D eigenvalue weighted by atomic mass is 19.1. The molecule has 0 unspecified atom stereocenters. The number of halogens is 1. The first-order chi connectivity index (χ1) is 6.63. The van der Waals surface area contributed by atoms with Gasteiger partial charge in [0.2, 0.25) is 0 Å². The fourth-order valence-electron chi connectivity index (χ4n) is 1.33. The zero-order chi connectivity index (χ0) is 10.6. The summed E-state index contributed by atoms with van der Waals surface area (Å²) in [6.07, 6.45) is 0. The minimum absolute atomic E-state index is 0.0510. The van der Waals surface area contributed by atoms with E-state index in [9.17, 15) is 4.39 Å². The fourth-order valence-corrected chi connectivity index (χ4v) is 1.33. The van der Waals surface area contributed by atoms with E-state index in [1.165, 1.54) is 12.1 Å². The zero-order valence-electron chi connectivity index (χ0n) is 8.50. The summed E-state index contributed by atoms with van der Waals surface area (Å²) in [6.45, 7) is 3.99. The van der Waals surface area contributed by atoms with E-state index in [1.807, 2.05) is 13.8 Å². The zero-order valence-corrected chi connectivity index (χ0v) is 8.50. The number of hydrogen-bond donors (Lipinski definition) is 2. The van der Waals surface area contributed by atoms with E-state index in [-0.39, 0.29) is 24.5 Å². The standard InChI is InChI=1S/C11H16FNO/c1-8(7-14)13-9(2)10-3-5-11(12)6-4-10/h3-6,8-9,13-14H,7H2,1-2H3/t8-,9-/m0/s1. The van der Waals surface area contributed by atoms with Crippen molar-refractivity contribution in [3.05, 3.63) is 35.6 Å². The Hall–Kier alpha value is -0.930. The molecule has 14 heavy (non-hydrogen) atoms. The second kappa shape index (κ2) is 5.08. The summed E-state index contributed by atoms with van der Waals surface area (Å²) in [5, 5.41) is 12.0. The van der Waals surface area contributed by atoms with Crippen LogP contribution in [-0.2, 0) is 0 Å². The Morgan fingerprint density at radius 1 is 1.29 bits per heavy atom. The lowest BCUT2D eigenvalue weighted by atomic mass is 10.1. The van der Waals surface area contributed by atoms with Crippen LogP contribution in [0.3, 0.4) is 0 Å². The third kappa shape index (κ3) is 3.09. The van der Waals surface area contributed by atoms with Crippen LogP contribution in [-0.4, -0.2) is 17.8 Å². The number of nitrogens with one attached hydrogen (secondary N) is 1. The van der Waals surface area contributed by atoms with E-state index < -0.39 is 0 Å². The molecule has 0 saturated heterocycles. The second-order valence-corrected chi connectivity index (χ2v) is 3.52. The van der Waals surface area contributed by atoms with Crippen LogP contribution in [0.5, 0.6) is 0 Å². The molecule has 0 aliphatic rings. The molecule has 0 amide bonds. The molecule has 0 fully saturated rings. The number of hydrogen-bond acceptors (Lipinski definition) is 2. The maximum absolute atomic E-state index is 12.6. The van der Waals surface area contributed by atoms with E-state index >= 15 is 0 Å². The van der Waals surface area contributed by atoms with Crippen molar-refractivity contribution in [3.8, 4) is 0 Å². The topological polar surface area (TPSA) is 32.3 Å². The van der Waals surface area contributed by atoms with E-state index in [0.29, 0.717) is 0 Å². The predicted octanol–water partition coefficient (Wildman–Crippen LogP) is 1.86. The first kappa shape index (κ1) is 11.1. The predicted molar refractivity (Wildman–Crippen MR) is 54.5 cm³/mol. The third-order valence-electron chi connectivity index (χ3n) is 2.18. The summed E-state index contributed by atoms with van der Waals surface area (Å²) in [4.78, 5) is 0. The number of benzene rings is 1. The van der Waals surface area contributed by atoms with Crippen molar-refractivity contribution in [1.29, 1.82) is 0 Å². The van der Waals surface area contributed by atoms with Crippen molar-refractivity contribution in [3.63, 3.8) is 0 Å². The molecule has 0 heterocycles. The molecule has 2 atom stereocenters. The Balaban J connectivity index is 2.60. The number of aliphatic hydroxyl groups is 1. The number of rotatable bonds is 4. The molecule has 1 aromatic rings. The molecule has 0 spiro atoms. The van der Waals surface area contributed by atoms with Gasteiger partial charge in [-0.3, -0.25) is 0 Å². The van der Waals surface area contributed by atoms with Crippen molar-refractivity contribution in [2.45, 2.75) is 25.9 Å². The molecular formula is C11H16FNO. The monoisotopic (exact) mass is 197 g/mol. The van der Waals surface area contributed by atoms with Crippen LogP contribution in [0.4, 0.5) is 4.39 Å². The fraction of sp³-hybridized carbons (Fsp3) is 0.455. The summed E-state index contributed by atoms with van der Waals surface area (Å²) in [5.41, 5.74) is 1.02. The Morgan fingerprint density at radius 2 is 1.86 bits per heavy atom. The molecule has 1 aromatic carbocycles. The van der Waals surface area contributed by atoms with Crippen LogP contribution < -0.4 is 5.32 Å². The molecule has 0 aliphatic carbocycles. The highest BCUT2D eigenvalue weighted by Gasteiger charge is 2.07. The van der Waals surface area contributed by atoms with Crippen LogP contribution in [0, 0.1) is 5.82 Å². The van der Waals surface area contributed by atoms with E-state index in [0.717, 1.165) is 5.56 Å². The van der Waals surface area contributed by atoms with Gasteiger partial charge in [0.05, 0.1) is 6.61 Å². The molecule has 0 aromatic heterocycles. The van der Waals surface area contributed by atoms with E-state index in [2.05, 4.69) is 5.32 Å². The highest BCUT2D eigenvalue weighted by molar-refractivity contribution is 5.19. The third-order valence-corrected chi connectivity index (χ3v) is 2.18. The molecule has 1 rings (SSSR count). The minimum Gasteiger partial charge on any atom is -0.395 e. The SMILES string of the molecule is C[C@H](N[C@@H](C)CO)c1ccc(F)cc1. The van der Waals surface area contributed by atoms with Gasteiger partial charge in [0.15, 0.2) is 0 Å². The van der Waals surface area contributed by atoms with Gasteiger partial charge in [-0.05, 0) is 31.5 Å². The van der Waals surface area contributed by atoms with Gasteiger partial charge < -0.3 is 10.4 Å². The summed E-state index contributed by atoms with van der Waals surface area (Å²) in [5.74, 6) is -0.226. The van der Waals surface area contributed by atoms with Gasteiger partial charge >= 0.3 is 0 Å². The van der Waals surface area contributed by atoms with Crippen molar-refractivity contribution < 1.29 is 9.50 Å². The quantitative estimate of drug-likeness (QED) is 0.772. The lowest BCUT2D eigenvalue weighted by Gasteiger charge is -2.18. The maximum atomic E-state index is 12.6. The lowest BCUT2D eigenvalue weighted by molar-refractivity contribution is 0.243. The smallest absolute Gasteiger partial charge is 0.123 e. The molecule has 0 saturated carbocycles. The minimum atomic E-state index is -0.226. The average molecular weight is 197 g/mol. The average Bonchev–Trinajstić information content (AvgIpc) is 2.18. The summed E-state index contributed by atoms with van der Waals surface area (Å²) in [7, 11) is 0. The van der Waals surface area contributed by atoms with Gasteiger partial charge in [0.1, 0.15) is 5.82 Å². The van der Waals surface area contributed by atoms with Gasteiger partial charge in [-0.1, -0.05) is 12.1 Å². The molecule has 0 radical (unpaired) electrons. The van der Waals surface area contributed by atoms with Crippen molar-refractivity contribution in [2.24, 2.45) is 0 Å². The normalized spacial score (nSPS) is 15.1. The van der Waals surface area contributed by atoms with Gasteiger partial charge in [0, 0.05) is 12.1 Å². The van der Waals surface area contributed by atoms with Crippen LogP contribution in [0.2, 0.25) is 0 Å². The second-order valence-electron chi connectivity index (χ2n) is 3.52. The Labute approximate surface area is 83.8 Å². The van der Waals surface area contributed by atoms with E-state index in [1.54, 1.807) is 12.1 Å². The van der Waals surface area contributed by atoms with Crippen LogP contribution in [0.1, 0.15) is 25.5 Å². The van der Waals surface area contributed by atoms with E-state index in [4.69, 9.17) is 5.11 Å². The Kier molecular flexibility index (Phi) is 4.04. The largest absolute Gasteiger partial charge is 0.395 e. The maximum Gasteiger partial charge on any atom is 0.123 e. The van der Waals surface area contributed by atoms with Crippen LogP contribution >= 0.6 is 0 Å². The Bertz CT molecular complexity index is 273. The van der Waals surface area contributed by atoms with Crippen molar-refractivity contribution >= 4 is 0 Å². The summed E-state index contributed by atoms with van der Waals surface area (Å²) in [6, 6.07) is 6.55. The van der Waals surface area contributed by atoms with Gasteiger partial charge in [-0.25, -0.2) is 4.39 Å². The van der Waals surface area contributed by atoms with Crippen molar-refractivity contribution in [1.82, 2.24) is 5.32 Å². The first-order valence-corrected chi connectivity index (χ1v) is 4.76. The Morgan fingerprint density at radius 3 is 2.36 bits per heavy atom. The highest BCUT2D eigenvalue weighted by Crippen LogP contribution is 2.13. The molecule has 2 N–H and O–H groups in total. The van der Waals surface area contributed by atoms with Crippen molar-refractivity contribution in [2.75, 3.05) is 6.61 Å². The van der Waals surface area contributed by atoms with Crippen LogP contribution in [0.15, 0.2) is 24.3 Å². The molecule has 0 bridgehead atoms.